The van der Waals surface area contributed by atoms with Crippen molar-refractivity contribution in [2.24, 2.45) is 5.73 Å². The number of benzene rings is 1. The number of primary amides is 1. The van der Waals surface area contributed by atoms with E-state index < -0.39 is 6.03 Å². The van der Waals surface area contributed by atoms with Gasteiger partial charge in [-0.05, 0) is 25.5 Å². The molecule has 1 atom stereocenters. The van der Waals surface area contributed by atoms with Crippen molar-refractivity contribution in [3.8, 4) is 5.75 Å². The van der Waals surface area contributed by atoms with Gasteiger partial charge in [0.05, 0.1) is 11.8 Å². The van der Waals surface area contributed by atoms with E-state index in [-0.39, 0.29) is 6.10 Å². The SMILES string of the molecule is CCCC(C)Oc1ccccc1N(C(N)=O)c1nccs1. The first-order chi connectivity index (χ1) is 10.1. The molecule has 0 saturated carbocycles. The zero-order chi connectivity index (χ0) is 15.2. The monoisotopic (exact) mass is 305 g/mol. The van der Waals surface area contributed by atoms with Gasteiger partial charge in [-0.2, -0.15) is 0 Å². The Morgan fingerprint density at radius 1 is 1.48 bits per heavy atom. The zero-order valence-corrected chi connectivity index (χ0v) is 13.0. The molecule has 0 aliphatic heterocycles. The maximum atomic E-state index is 11.8. The summed E-state index contributed by atoms with van der Waals surface area (Å²) in [5.74, 6) is 0.632. The number of nitrogens with two attached hydrogens (primary N) is 1. The average Bonchev–Trinajstić information content (AvgIpc) is 2.94. The molecular formula is C15H19N3O2S. The predicted molar refractivity (Wildman–Crippen MR) is 85.3 cm³/mol. The number of nitrogens with zero attached hydrogens (tertiary/aromatic N) is 2. The topological polar surface area (TPSA) is 68.5 Å². The number of anilines is 2. The number of thiazole rings is 1. The van der Waals surface area contributed by atoms with Crippen LogP contribution in [0.4, 0.5) is 15.6 Å². The lowest BCUT2D eigenvalue weighted by Crippen LogP contribution is -2.32. The molecule has 0 saturated heterocycles. The van der Waals surface area contributed by atoms with Crippen molar-refractivity contribution in [2.75, 3.05) is 4.90 Å². The van der Waals surface area contributed by atoms with E-state index in [2.05, 4.69) is 11.9 Å². The number of urea groups is 1. The van der Waals surface area contributed by atoms with E-state index in [0.29, 0.717) is 16.6 Å². The van der Waals surface area contributed by atoms with Crippen LogP contribution >= 0.6 is 11.3 Å². The standard InChI is InChI=1S/C15H19N3O2S/c1-3-6-11(2)20-13-8-5-4-7-12(13)18(14(16)19)15-17-9-10-21-15/h4-5,7-11H,3,6H2,1-2H3,(H2,16,19). The fourth-order valence-electron chi connectivity index (χ4n) is 2.07. The third-order valence-corrected chi connectivity index (χ3v) is 3.72. The lowest BCUT2D eigenvalue weighted by molar-refractivity contribution is 0.210. The highest BCUT2D eigenvalue weighted by Gasteiger charge is 2.21. The highest BCUT2D eigenvalue weighted by molar-refractivity contribution is 7.13. The molecule has 2 N–H and O–H groups in total. The molecule has 0 spiro atoms. The van der Waals surface area contributed by atoms with Gasteiger partial charge in [0.15, 0.2) is 5.13 Å². The van der Waals surface area contributed by atoms with Crippen molar-refractivity contribution in [3.05, 3.63) is 35.8 Å². The second kappa shape index (κ2) is 7.08. The van der Waals surface area contributed by atoms with E-state index in [1.807, 2.05) is 25.1 Å². The summed E-state index contributed by atoms with van der Waals surface area (Å²) in [4.78, 5) is 17.4. The molecule has 0 aliphatic carbocycles. The Labute approximate surface area is 128 Å². The summed E-state index contributed by atoms with van der Waals surface area (Å²) in [6.07, 6.45) is 3.69. The second-order valence-electron chi connectivity index (χ2n) is 4.67. The van der Waals surface area contributed by atoms with Crippen molar-refractivity contribution in [1.29, 1.82) is 0 Å². The zero-order valence-electron chi connectivity index (χ0n) is 12.2. The average molecular weight is 305 g/mol. The third kappa shape index (κ3) is 3.72. The first-order valence-electron chi connectivity index (χ1n) is 6.88. The van der Waals surface area contributed by atoms with Gasteiger partial charge in [-0.25, -0.2) is 14.7 Å². The summed E-state index contributed by atoms with van der Waals surface area (Å²) in [5.41, 5.74) is 6.13. The summed E-state index contributed by atoms with van der Waals surface area (Å²) < 4.78 is 5.94. The van der Waals surface area contributed by atoms with Crippen molar-refractivity contribution in [2.45, 2.75) is 32.8 Å². The van der Waals surface area contributed by atoms with Gasteiger partial charge in [-0.1, -0.05) is 25.5 Å². The predicted octanol–water partition coefficient (Wildman–Crippen LogP) is 3.93. The van der Waals surface area contributed by atoms with Gasteiger partial charge >= 0.3 is 6.03 Å². The summed E-state index contributed by atoms with van der Waals surface area (Å²) in [6.45, 7) is 4.12. The Kier molecular flexibility index (Phi) is 5.16. The molecule has 0 aliphatic rings. The minimum absolute atomic E-state index is 0.0715. The fourth-order valence-corrected chi connectivity index (χ4v) is 2.72. The first kappa shape index (κ1) is 15.3. The van der Waals surface area contributed by atoms with Crippen molar-refractivity contribution in [3.63, 3.8) is 0 Å². The molecule has 5 nitrogen and oxygen atoms in total. The maximum absolute atomic E-state index is 11.8. The van der Waals surface area contributed by atoms with Crippen LogP contribution in [0.15, 0.2) is 35.8 Å². The molecule has 1 unspecified atom stereocenters. The van der Waals surface area contributed by atoms with Crippen molar-refractivity contribution >= 4 is 28.2 Å². The molecule has 0 fully saturated rings. The molecule has 2 rings (SSSR count). The fraction of sp³-hybridized carbons (Fsp3) is 0.333. The van der Waals surface area contributed by atoms with Gasteiger partial charge in [-0.3, -0.25) is 0 Å². The summed E-state index contributed by atoms with van der Waals surface area (Å²) in [5, 5.41) is 2.33. The van der Waals surface area contributed by atoms with E-state index >= 15 is 0 Å². The Balaban J connectivity index is 2.35. The summed E-state index contributed by atoms with van der Waals surface area (Å²) >= 11 is 1.35. The number of rotatable bonds is 6. The number of carbonyl (C=O) groups is 1. The minimum atomic E-state index is -0.579. The van der Waals surface area contributed by atoms with E-state index in [1.165, 1.54) is 16.2 Å². The Hall–Kier alpha value is -2.08. The van der Waals surface area contributed by atoms with Crippen LogP contribution in [0.25, 0.3) is 0 Å². The number of ether oxygens (including phenoxy) is 1. The van der Waals surface area contributed by atoms with Gasteiger partial charge in [0.2, 0.25) is 0 Å². The van der Waals surface area contributed by atoms with Crippen LogP contribution in [0.1, 0.15) is 26.7 Å². The number of hydrogen-bond acceptors (Lipinski definition) is 4. The molecule has 21 heavy (non-hydrogen) atoms. The molecule has 1 aromatic heterocycles. The van der Waals surface area contributed by atoms with Gasteiger partial charge in [0.1, 0.15) is 5.75 Å². The second-order valence-corrected chi connectivity index (χ2v) is 5.55. The molecule has 1 aromatic carbocycles. The van der Waals surface area contributed by atoms with Gasteiger partial charge in [0, 0.05) is 11.6 Å². The van der Waals surface area contributed by atoms with Crippen molar-refractivity contribution < 1.29 is 9.53 Å². The van der Waals surface area contributed by atoms with Crippen LogP contribution in [-0.2, 0) is 0 Å². The van der Waals surface area contributed by atoms with Crippen molar-refractivity contribution in [1.82, 2.24) is 4.98 Å². The third-order valence-electron chi connectivity index (χ3n) is 2.96. The lowest BCUT2D eigenvalue weighted by atomic mass is 10.2. The van der Waals surface area contributed by atoms with E-state index in [0.717, 1.165) is 12.8 Å². The number of hydrogen-bond donors (Lipinski definition) is 1. The smallest absolute Gasteiger partial charge is 0.325 e. The highest BCUT2D eigenvalue weighted by atomic mass is 32.1. The van der Waals surface area contributed by atoms with Crippen LogP contribution in [0.2, 0.25) is 0 Å². The molecule has 0 bridgehead atoms. The highest BCUT2D eigenvalue weighted by Crippen LogP contribution is 2.35. The van der Waals surface area contributed by atoms with E-state index in [1.54, 1.807) is 17.6 Å². The van der Waals surface area contributed by atoms with Crippen LogP contribution in [0.5, 0.6) is 5.75 Å². The van der Waals surface area contributed by atoms with E-state index in [4.69, 9.17) is 10.5 Å². The normalized spacial score (nSPS) is 11.9. The maximum Gasteiger partial charge on any atom is 0.325 e. The molecule has 1 heterocycles. The van der Waals surface area contributed by atoms with Gasteiger partial charge in [0.25, 0.3) is 0 Å². The van der Waals surface area contributed by atoms with Gasteiger partial charge < -0.3 is 10.5 Å². The van der Waals surface area contributed by atoms with Crippen LogP contribution in [-0.4, -0.2) is 17.1 Å². The largest absolute Gasteiger partial charge is 0.489 e. The minimum Gasteiger partial charge on any atom is -0.489 e. The molecule has 6 heteroatoms. The molecule has 112 valence electrons. The number of aromatic nitrogens is 1. The molecule has 0 radical (unpaired) electrons. The molecule has 2 amide bonds. The van der Waals surface area contributed by atoms with E-state index in [9.17, 15) is 4.79 Å². The number of para-hydroxylation sites is 2. The first-order valence-corrected chi connectivity index (χ1v) is 7.76. The quantitative estimate of drug-likeness (QED) is 0.879. The summed E-state index contributed by atoms with van der Waals surface area (Å²) in [7, 11) is 0. The Bertz CT molecular complexity index is 586. The Morgan fingerprint density at radius 3 is 2.86 bits per heavy atom. The number of amides is 2. The van der Waals surface area contributed by atoms with Gasteiger partial charge in [-0.15, -0.1) is 11.3 Å². The molecular weight excluding hydrogens is 286 g/mol. The number of carbonyl (C=O) groups excluding carboxylic acids is 1. The van der Waals surface area contributed by atoms with Crippen LogP contribution < -0.4 is 15.4 Å². The summed E-state index contributed by atoms with van der Waals surface area (Å²) in [6, 6.07) is 6.78. The Morgan fingerprint density at radius 2 is 2.24 bits per heavy atom. The van der Waals surface area contributed by atoms with Crippen LogP contribution in [0, 0.1) is 0 Å². The molecule has 2 aromatic rings. The lowest BCUT2D eigenvalue weighted by Gasteiger charge is -2.22. The van der Waals surface area contributed by atoms with Crippen LogP contribution in [0.3, 0.4) is 0 Å².